The summed E-state index contributed by atoms with van der Waals surface area (Å²) in [6, 6.07) is 10.6. The van der Waals surface area contributed by atoms with Crippen LogP contribution in [0.1, 0.15) is 18.9 Å². The molecule has 2 atom stereocenters. The summed E-state index contributed by atoms with van der Waals surface area (Å²) in [6.45, 7) is 1.90. The molecule has 17 heavy (non-hydrogen) atoms. The zero-order valence-electron chi connectivity index (χ0n) is 10.8. The summed E-state index contributed by atoms with van der Waals surface area (Å²) in [6.07, 6.45) is 1.72. The Hall–Kier alpha value is -1.35. The van der Waals surface area contributed by atoms with Crippen molar-refractivity contribution in [1.82, 2.24) is 5.32 Å². The molecule has 94 valence electrons. The smallest absolute Gasteiger partial charge is 0.308 e. The van der Waals surface area contributed by atoms with Gasteiger partial charge >= 0.3 is 5.97 Å². The highest BCUT2D eigenvalue weighted by Crippen LogP contribution is 2.12. The van der Waals surface area contributed by atoms with Gasteiger partial charge in [-0.2, -0.15) is 0 Å². The Labute approximate surface area is 103 Å². The lowest BCUT2D eigenvalue weighted by Gasteiger charge is -2.19. The van der Waals surface area contributed by atoms with Crippen molar-refractivity contribution in [2.75, 3.05) is 14.2 Å². The van der Waals surface area contributed by atoms with Gasteiger partial charge in [0.25, 0.3) is 0 Å². The first kappa shape index (κ1) is 13.7. The number of benzene rings is 1. The molecule has 0 aliphatic rings. The third-order valence-corrected chi connectivity index (χ3v) is 2.97. The van der Waals surface area contributed by atoms with Crippen molar-refractivity contribution in [2.45, 2.75) is 25.8 Å². The van der Waals surface area contributed by atoms with E-state index in [1.54, 1.807) is 0 Å². The largest absolute Gasteiger partial charge is 0.469 e. The number of carbonyl (C=O) groups excluding carboxylic acids is 1. The van der Waals surface area contributed by atoms with Crippen LogP contribution in [-0.2, 0) is 16.0 Å². The van der Waals surface area contributed by atoms with Crippen molar-refractivity contribution in [1.29, 1.82) is 0 Å². The maximum atomic E-state index is 11.4. The van der Waals surface area contributed by atoms with Crippen LogP contribution in [0.3, 0.4) is 0 Å². The van der Waals surface area contributed by atoms with E-state index in [0.717, 1.165) is 12.8 Å². The van der Waals surface area contributed by atoms with Crippen molar-refractivity contribution >= 4 is 5.97 Å². The van der Waals surface area contributed by atoms with Crippen LogP contribution in [0.2, 0.25) is 0 Å². The summed E-state index contributed by atoms with van der Waals surface area (Å²) in [4.78, 5) is 11.4. The molecule has 0 amide bonds. The second kappa shape index (κ2) is 7.07. The van der Waals surface area contributed by atoms with E-state index < -0.39 is 0 Å². The average Bonchev–Trinajstić information content (AvgIpc) is 2.38. The molecule has 3 heteroatoms. The Balaban J connectivity index is 2.52. The molecule has 0 radical (unpaired) electrons. The first-order valence-corrected chi connectivity index (χ1v) is 5.96. The van der Waals surface area contributed by atoms with E-state index >= 15 is 0 Å². The number of esters is 1. The molecule has 1 N–H and O–H groups in total. The maximum Gasteiger partial charge on any atom is 0.308 e. The molecule has 0 spiro atoms. The van der Waals surface area contributed by atoms with Crippen molar-refractivity contribution in [2.24, 2.45) is 5.92 Å². The minimum atomic E-state index is -0.140. The van der Waals surface area contributed by atoms with E-state index in [1.807, 2.05) is 32.2 Å². The van der Waals surface area contributed by atoms with Gasteiger partial charge in [0.05, 0.1) is 13.0 Å². The fraction of sp³-hybridized carbons (Fsp3) is 0.500. The summed E-state index contributed by atoms with van der Waals surface area (Å²) in [5, 5.41) is 3.25. The molecule has 1 aromatic rings. The SMILES string of the molecule is CNC(Cc1ccccc1)CC(C)C(=O)OC. The topological polar surface area (TPSA) is 38.3 Å². The molecule has 0 fully saturated rings. The quantitative estimate of drug-likeness (QED) is 0.767. The van der Waals surface area contributed by atoms with Gasteiger partial charge in [0, 0.05) is 6.04 Å². The zero-order chi connectivity index (χ0) is 12.7. The summed E-state index contributed by atoms with van der Waals surface area (Å²) < 4.78 is 4.74. The van der Waals surface area contributed by atoms with Gasteiger partial charge in [-0.3, -0.25) is 4.79 Å². The van der Waals surface area contributed by atoms with Crippen molar-refractivity contribution in [3.63, 3.8) is 0 Å². The molecule has 0 bridgehead atoms. The summed E-state index contributed by atoms with van der Waals surface area (Å²) in [7, 11) is 3.36. The lowest BCUT2D eigenvalue weighted by molar-refractivity contribution is -0.145. The number of hydrogen-bond acceptors (Lipinski definition) is 3. The molecule has 0 aliphatic carbocycles. The van der Waals surface area contributed by atoms with E-state index in [1.165, 1.54) is 12.7 Å². The van der Waals surface area contributed by atoms with E-state index in [4.69, 9.17) is 4.74 Å². The molecule has 0 saturated carbocycles. The number of ether oxygens (including phenoxy) is 1. The number of likely N-dealkylation sites (N-methyl/N-ethyl adjacent to an activating group) is 1. The third-order valence-electron chi connectivity index (χ3n) is 2.97. The van der Waals surface area contributed by atoms with E-state index in [9.17, 15) is 4.79 Å². The molecule has 1 aromatic carbocycles. The molecular formula is C14H21NO2. The maximum absolute atomic E-state index is 11.4. The summed E-state index contributed by atoms with van der Waals surface area (Å²) in [5.74, 6) is -0.209. The standard InChI is InChI=1S/C14H21NO2/c1-11(14(16)17-3)9-13(15-2)10-12-7-5-4-6-8-12/h4-8,11,13,15H,9-10H2,1-3H3. The predicted molar refractivity (Wildman–Crippen MR) is 68.8 cm³/mol. The van der Waals surface area contributed by atoms with E-state index in [2.05, 4.69) is 17.4 Å². The zero-order valence-corrected chi connectivity index (χ0v) is 10.8. The van der Waals surface area contributed by atoms with Crippen LogP contribution in [0.15, 0.2) is 30.3 Å². The highest BCUT2D eigenvalue weighted by molar-refractivity contribution is 5.71. The monoisotopic (exact) mass is 235 g/mol. The molecule has 0 aliphatic heterocycles. The summed E-state index contributed by atoms with van der Waals surface area (Å²) >= 11 is 0. The lowest BCUT2D eigenvalue weighted by atomic mass is 9.96. The van der Waals surface area contributed by atoms with Crippen LogP contribution in [0, 0.1) is 5.92 Å². The minimum Gasteiger partial charge on any atom is -0.469 e. The fourth-order valence-electron chi connectivity index (χ4n) is 1.93. The highest BCUT2D eigenvalue weighted by Gasteiger charge is 2.18. The second-order valence-electron chi connectivity index (χ2n) is 4.34. The van der Waals surface area contributed by atoms with Gasteiger partial charge in [-0.05, 0) is 25.5 Å². The van der Waals surface area contributed by atoms with Crippen LogP contribution in [0.5, 0.6) is 0 Å². The van der Waals surface area contributed by atoms with Gasteiger partial charge < -0.3 is 10.1 Å². The number of hydrogen-bond donors (Lipinski definition) is 1. The Morgan fingerprint density at radius 1 is 1.35 bits per heavy atom. The minimum absolute atomic E-state index is 0.0684. The molecular weight excluding hydrogens is 214 g/mol. The van der Waals surface area contributed by atoms with Crippen LogP contribution in [0.25, 0.3) is 0 Å². The molecule has 2 unspecified atom stereocenters. The van der Waals surface area contributed by atoms with Gasteiger partial charge in [0.1, 0.15) is 0 Å². The molecule has 3 nitrogen and oxygen atoms in total. The van der Waals surface area contributed by atoms with Gasteiger partial charge in [0.15, 0.2) is 0 Å². The van der Waals surface area contributed by atoms with Crippen molar-refractivity contribution in [3.05, 3.63) is 35.9 Å². The van der Waals surface area contributed by atoms with Gasteiger partial charge in [-0.25, -0.2) is 0 Å². The first-order chi connectivity index (χ1) is 8.17. The Morgan fingerprint density at radius 2 is 2.00 bits per heavy atom. The van der Waals surface area contributed by atoms with Crippen LogP contribution in [-0.4, -0.2) is 26.2 Å². The molecule has 1 rings (SSSR count). The Bertz CT molecular complexity index is 337. The van der Waals surface area contributed by atoms with Crippen molar-refractivity contribution in [3.8, 4) is 0 Å². The summed E-state index contributed by atoms with van der Waals surface area (Å²) in [5.41, 5.74) is 1.28. The highest BCUT2D eigenvalue weighted by atomic mass is 16.5. The van der Waals surface area contributed by atoms with Gasteiger partial charge in [-0.1, -0.05) is 37.3 Å². The van der Waals surface area contributed by atoms with Crippen LogP contribution < -0.4 is 5.32 Å². The van der Waals surface area contributed by atoms with E-state index in [0.29, 0.717) is 6.04 Å². The lowest BCUT2D eigenvalue weighted by Crippen LogP contribution is -2.31. The van der Waals surface area contributed by atoms with Crippen LogP contribution in [0.4, 0.5) is 0 Å². The van der Waals surface area contributed by atoms with Gasteiger partial charge in [-0.15, -0.1) is 0 Å². The van der Waals surface area contributed by atoms with Gasteiger partial charge in [0.2, 0.25) is 0 Å². The second-order valence-corrected chi connectivity index (χ2v) is 4.34. The molecule has 0 saturated heterocycles. The number of nitrogens with one attached hydrogen (secondary N) is 1. The predicted octanol–water partition coefficient (Wildman–Crippen LogP) is 2.02. The average molecular weight is 235 g/mol. The first-order valence-electron chi connectivity index (χ1n) is 5.96. The number of methoxy groups -OCH3 is 1. The van der Waals surface area contributed by atoms with Crippen molar-refractivity contribution < 1.29 is 9.53 Å². The van der Waals surface area contributed by atoms with Crippen LogP contribution >= 0.6 is 0 Å². The number of carbonyl (C=O) groups is 1. The molecule has 0 heterocycles. The Kier molecular flexibility index (Phi) is 5.70. The fourth-order valence-corrected chi connectivity index (χ4v) is 1.93. The number of rotatable bonds is 6. The molecule has 0 aromatic heterocycles. The Morgan fingerprint density at radius 3 is 2.53 bits per heavy atom. The van der Waals surface area contributed by atoms with E-state index in [-0.39, 0.29) is 11.9 Å². The normalized spacial score (nSPS) is 14.1. The third kappa shape index (κ3) is 4.57.